The van der Waals surface area contributed by atoms with E-state index >= 15 is 0 Å². The first-order chi connectivity index (χ1) is 11.1. The topological polar surface area (TPSA) is 37.0 Å². The zero-order valence-corrected chi connectivity index (χ0v) is 14.5. The highest BCUT2D eigenvalue weighted by Gasteiger charge is 2.36. The minimum absolute atomic E-state index is 0.0647. The highest BCUT2D eigenvalue weighted by atomic mass is 32.1. The predicted molar refractivity (Wildman–Crippen MR) is 99.7 cm³/mol. The number of hydrogen-bond donors (Lipinski definition) is 2. The summed E-state index contributed by atoms with van der Waals surface area (Å²) >= 11 is 5.61. The van der Waals surface area contributed by atoms with Gasteiger partial charge in [0.25, 0.3) is 0 Å². The normalized spacial score (nSPS) is 16.1. The third kappa shape index (κ3) is 3.53. The molecule has 3 rings (SSSR count). The number of benzene rings is 1. The van der Waals surface area contributed by atoms with Crippen molar-refractivity contribution in [3.8, 4) is 0 Å². The largest absolute Gasteiger partial charge is 0.353 e. The quantitative estimate of drug-likeness (QED) is 0.817. The van der Waals surface area contributed by atoms with Crippen molar-refractivity contribution >= 4 is 23.0 Å². The van der Waals surface area contributed by atoms with Gasteiger partial charge in [-0.05, 0) is 73.8 Å². The van der Waals surface area contributed by atoms with Gasteiger partial charge >= 0.3 is 0 Å². The average Bonchev–Trinajstić information content (AvgIpc) is 3.01. The Balaban J connectivity index is 1.78. The van der Waals surface area contributed by atoms with Crippen LogP contribution in [0.3, 0.4) is 0 Å². The van der Waals surface area contributed by atoms with Crippen molar-refractivity contribution in [2.45, 2.75) is 45.1 Å². The van der Waals surface area contributed by atoms with E-state index in [0.29, 0.717) is 5.11 Å². The van der Waals surface area contributed by atoms with E-state index < -0.39 is 0 Å². The van der Waals surface area contributed by atoms with Crippen molar-refractivity contribution in [1.29, 1.82) is 0 Å². The molecule has 1 aromatic heterocycles. The minimum atomic E-state index is -0.0647. The summed E-state index contributed by atoms with van der Waals surface area (Å²) < 4.78 is 0. The molecule has 1 aliphatic carbocycles. The molecule has 0 aliphatic heterocycles. The molecule has 1 saturated carbocycles. The Labute approximate surface area is 143 Å². The fourth-order valence-corrected chi connectivity index (χ4v) is 3.68. The fraction of sp³-hybridized carbons (Fsp3) is 0.368. The van der Waals surface area contributed by atoms with Gasteiger partial charge in [-0.3, -0.25) is 4.98 Å². The molecule has 2 aromatic rings. The smallest absolute Gasteiger partial charge is 0.171 e. The zero-order chi connectivity index (χ0) is 16.3. The van der Waals surface area contributed by atoms with E-state index in [4.69, 9.17) is 12.2 Å². The molecule has 1 aromatic carbocycles. The van der Waals surface area contributed by atoms with Gasteiger partial charge in [-0.15, -0.1) is 0 Å². The second kappa shape index (κ2) is 6.67. The number of aryl methyl sites for hydroxylation is 2. The number of hydrogen-bond acceptors (Lipinski definition) is 2. The molecule has 2 N–H and O–H groups in total. The summed E-state index contributed by atoms with van der Waals surface area (Å²) in [7, 11) is 0. The molecule has 23 heavy (non-hydrogen) atoms. The van der Waals surface area contributed by atoms with E-state index in [1.54, 1.807) is 0 Å². The Bertz CT molecular complexity index is 691. The molecule has 0 spiro atoms. The molecule has 1 fully saturated rings. The molecule has 3 nitrogen and oxygen atoms in total. The van der Waals surface area contributed by atoms with Gasteiger partial charge < -0.3 is 10.6 Å². The summed E-state index contributed by atoms with van der Waals surface area (Å²) in [5.41, 5.74) is 4.71. The lowest BCUT2D eigenvalue weighted by Gasteiger charge is -2.32. The number of rotatable bonds is 3. The summed E-state index contributed by atoms with van der Waals surface area (Å²) in [6, 6.07) is 10.6. The Morgan fingerprint density at radius 3 is 2.48 bits per heavy atom. The number of anilines is 1. The van der Waals surface area contributed by atoms with Gasteiger partial charge in [-0.2, -0.15) is 0 Å². The van der Waals surface area contributed by atoms with Crippen LogP contribution in [-0.2, 0) is 5.54 Å². The lowest BCUT2D eigenvalue weighted by molar-refractivity contribution is 0.408. The van der Waals surface area contributed by atoms with E-state index in [1.165, 1.54) is 29.5 Å². The van der Waals surface area contributed by atoms with Gasteiger partial charge in [0.2, 0.25) is 0 Å². The maximum atomic E-state index is 5.61. The maximum Gasteiger partial charge on any atom is 0.171 e. The molecule has 0 radical (unpaired) electrons. The summed E-state index contributed by atoms with van der Waals surface area (Å²) in [5.74, 6) is 0. The molecular formula is C19H23N3S. The van der Waals surface area contributed by atoms with Crippen LogP contribution in [0.2, 0.25) is 0 Å². The van der Waals surface area contributed by atoms with Crippen LogP contribution in [-0.4, -0.2) is 10.1 Å². The molecule has 0 amide bonds. The number of aromatic nitrogens is 1. The van der Waals surface area contributed by atoms with Crippen LogP contribution < -0.4 is 10.6 Å². The van der Waals surface area contributed by atoms with Crippen LogP contribution in [0.5, 0.6) is 0 Å². The van der Waals surface area contributed by atoms with Crippen LogP contribution in [0.25, 0.3) is 0 Å². The average molecular weight is 325 g/mol. The van der Waals surface area contributed by atoms with E-state index in [2.05, 4.69) is 59.8 Å². The molecule has 120 valence electrons. The summed E-state index contributed by atoms with van der Waals surface area (Å²) in [5, 5.41) is 7.67. The number of pyridine rings is 1. The molecule has 4 heteroatoms. The van der Waals surface area contributed by atoms with Crippen LogP contribution in [0.4, 0.5) is 5.69 Å². The van der Waals surface area contributed by atoms with Gasteiger partial charge in [0.1, 0.15) is 0 Å². The molecule has 0 bridgehead atoms. The standard InChI is InChI=1S/C19H23N3S/c1-14-5-6-15(2)17(13-14)21-18(23)22-19(9-3-4-10-19)16-7-11-20-12-8-16/h5-8,11-13H,3-4,9-10H2,1-2H3,(H2,21,22,23). The Morgan fingerprint density at radius 1 is 1.09 bits per heavy atom. The Morgan fingerprint density at radius 2 is 1.78 bits per heavy atom. The monoisotopic (exact) mass is 325 g/mol. The first-order valence-electron chi connectivity index (χ1n) is 8.16. The molecule has 1 heterocycles. The number of nitrogens with one attached hydrogen (secondary N) is 2. The second-order valence-corrected chi connectivity index (χ2v) is 6.83. The summed E-state index contributed by atoms with van der Waals surface area (Å²) in [4.78, 5) is 4.14. The molecule has 0 atom stereocenters. The number of thiocarbonyl (C=S) groups is 1. The second-order valence-electron chi connectivity index (χ2n) is 6.42. The van der Waals surface area contributed by atoms with Gasteiger partial charge in [-0.25, -0.2) is 0 Å². The van der Waals surface area contributed by atoms with Crippen molar-refractivity contribution in [2.24, 2.45) is 0 Å². The van der Waals surface area contributed by atoms with E-state index in [1.807, 2.05) is 12.4 Å². The summed E-state index contributed by atoms with van der Waals surface area (Å²) in [6.07, 6.45) is 8.37. The Kier molecular flexibility index (Phi) is 4.62. The van der Waals surface area contributed by atoms with E-state index in [9.17, 15) is 0 Å². The van der Waals surface area contributed by atoms with Gasteiger partial charge in [0.15, 0.2) is 5.11 Å². The maximum absolute atomic E-state index is 5.61. The highest BCUT2D eigenvalue weighted by Crippen LogP contribution is 2.38. The highest BCUT2D eigenvalue weighted by molar-refractivity contribution is 7.80. The first-order valence-corrected chi connectivity index (χ1v) is 8.57. The zero-order valence-electron chi connectivity index (χ0n) is 13.7. The SMILES string of the molecule is Cc1ccc(C)c(NC(=S)NC2(c3ccncc3)CCCC2)c1. The molecule has 1 aliphatic rings. The van der Waals surface area contributed by atoms with Crippen molar-refractivity contribution in [2.75, 3.05) is 5.32 Å². The van der Waals surface area contributed by atoms with Crippen LogP contribution in [0.15, 0.2) is 42.7 Å². The summed E-state index contributed by atoms with van der Waals surface area (Å²) in [6.45, 7) is 4.19. The van der Waals surface area contributed by atoms with E-state index in [0.717, 1.165) is 18.5 Å². The molecule has 0 unspecified atom stereocenters. The third-order valence-electron chi connectivity index (χ3n) is 4.68. The van der Waals surface area contributed by atoms with Crippen molar-refractivity contribution in [1.82, 2.24) is 10.3 Å². The van der Waals surface area contributed by atoms with Gasteiger partial charge in [0.05, 0.1) is 5.54 Å². The van der Waals surface area contributed by atoms with Crippen LogP contribution >= 0.6 is 12.2 Å². The molecular weight excluding hydrogens is 302 g/mol. The lowest BCUT2D eigenvalue weighted by atomic mass is 9.89. The van der Waals surface area contributed by atoms with Crippen LogP contribution in [0.1, 0.15) is 42.4 Å². The van der Waals surface area contributed by atoms with Gasteiger partial charge in [0, 0.05) is 18.1 Å². The third-order valence-corrected chi connectivity index (χ3v) is 4.89. The number of nitrogens with zero attached hydrogens (tertiary/aromatic N) is 1. The van der Waals surface area contributed by atoms with E-state index in [-0.39, 0.29) is 5.54 Å². The van der Waals surface area contributed by atoms with Crippen LogP contribution in [0, 0.1) is 13.8 Å². The van der Waals surface area contributed by atoms with Crippen molar-refractivity contribution in [3.05, 3.63) is 59.4 Å². The Hall–Kier alpha value is -1.94. The van der Waals surface area contributed by atoms with Crippen molar-refractivity contribution < 1.29 is 0 Å². The predicted octanol–water partition coefficient (Wildman–Crippen LogP) is 4.45. The van der Waals surface area contributed by atoms with Crippen molar-refractivity contribution in [3.63, 3.8) is 0 Å². The minimum Gasteiger partial charge on any atom is -0.353 e. The van der Waals surface area contributed by atoms with Gasteiger partial charge in [-0.1, -0.05) is 25.0 Å². The lowest BCUT2D eigenvalue weighted by Crippen LogP contribution is -2.45. The fourth-order valence-electron chi connectivity index (χ4n) is 3.38. The first kappa shape index (κ1) is 15.9. The molecule has 0 saturated heterocycles.